The number of rotatable bonds is 3. The van der Waals surface area contributed by atoms with Gasteiger partial charge in [0.15, 0.2) is 5.13 Å². The lowest BCUT2D eigenvalue weighted by Crippen LogP contribution is -2.43. The largest absolute Gasteiger partial charge is 0.353 e. The molecule has 1 aromatic heterocycles. The quantitative estimate of drug-likeness (QED) is 0.845. The molecule has 1 unspecified atom stereocenters. The molecule has 1 N–H and O–H groups in total. The zero-order valence-corrected chi connectivity index (χ0v) is 13.5. The van der Waals surface area contributed by atoms with Gasteiger partial charge < -0.3 is 5.32 Å². The number of aromatic nitrogens is 1. The van der Waals surface area contributed by atoms with E-state index in [2.05, 4.69) is 10.3 Å². The zero-order valence-electron chi connectivity index (χ0n) is 11.9. The van der Waals surface area contributed by atoms with Gasteiger partial charge in [0.2, 0.25) is 11.8 Å². The van der Waals surface area contributed by atoms with Gasteiger partial charge in [-0.25, -0.2) is 13.4 Å². The molecule has 2 saturated heterocycles. The third-order valence-corrected chi connectivity index (χ3v) is 6.56. The summed E-state index contributed by atoms with van der Waals surface area (Å²) in [6.45, 7) is 0.337. The number of hydrogen-bond donors (Lipinski definition) is 1. The predicted octanol–water partition coefficient (Wildman–Crippen LogP) is 0.189. The number of hydrogen-bond acceptors (Lipinski definition) is 6. The first-order valence-corrected chi connectivity index (χ1v) is 9.85. The van der Waals surface area contributed by atoms with E-state index < -0.39 is 15.8 Å². The number of amides is 2. The summed E-state index contributed by atoms with van der Waals surface area (Å²) in [5.41, 5.74) is 0. The third kappa shape index (κ3) is 3.30. The van der Waals surface area contributed by atoms with Crippen LogP contribution in [-0.4, -0.2) is 49.3 Å². The maximum absolute atomic E-state index is 12.3. The van der Waals surface area contributed by atoms with Crippen LogP contribution in [0, 0.1) is 5.92 Å². The van der Waals surface area contributed by atoms with Gasteiger partial charge in [-0.05, 0) is 12.8 Å². The number of nitrogens with one attached hydrogen (secondary N) is 1. The molecule has 0 bridgehead atoms. The van der Waals surface area contributed by atoms with Crippen molar-refractivity contribution in [1.29, 1.82) is 0 Å². The fourth-order valence-electron chi connectivity index (χ4n) is 2.77. The van der Waals surface area contributed by atoms with Gasteiger partial charge in [-0.1, -0.05) is 0 Å². The van der Waals surface area contributed by atoms with E-state index in [0.29, 0.717) is 24.5 Å². The predicted molar refractivity (Wildman–Crippen MR) is 82.4 cm³/mol. The zero-order chi connectivity index (χ0) is 15.7. The average Bonchev–Trinajstić information content (AvgIpc) is 3.10. The molecule has 0 spiro atoms. The van der Waals surface area contributed by atoms with Gasteiger partial charge in [-0.2, -0.15) is 0 Å². The van der Waals surface area contributed by atoms with Crippen LogP contribution < -0.4 is 10.2 Å². The monoisotopic (exact) mass is 343 g/mol. The molecule has 0 aromatic carbocycles. The van der Waals surface area contributed by atoms with Crippen molar-refractivity contribution < 1.29 is 18.0 Å². The summed E-state index contributed by atoms with van der Waals surface area (Å²) < 4.78 is 22.8. The van der Waals surface area contributed by atoms with Crippen molar-refractivity contribution in [3.63, 3.8) is 0 Å². The molecular weight excluding hydrogens is 326 g/mol. The van der Waals surface area contributed by atoms with Crippen LogP contribution in [0.4, 0.5) is 5.13 Å². The van der Waals surface area contributed by atoms with Crippen molar-refractivity contribution in [2.45, 2.75) is 25.3 Å². The van der Waals surface area contributed by atoms with Crippen molar-refractivity contribution in [2.24, 2.45) is 5.92 Å². The second-order valence-corrected chi connectivity index (χ2v) is 8.83. The Hall–Kier alpha value is -1.48. The normalized spacial score (nSPS) is 25.4. The van der Waals surface area contributed by atoms with Gasteiger partial charge >= 0.3 is 0 Å². The van der Waals surface area contributed by atoms with Gasteiger partial charge in [0.25, 0.3) is 0 Å². The molecule has 22 heavy (non-hydrogen) atoms. The van der Waals surface area contributed by atoms with Crippen molar-refractivity contribution >= 4 is 38.1 Å². The summed E-state index contributed by atoms with van der Waals surface area (Å²) in [6, 6.07) is -0.111. The van der Waals surface area contributed by atoms with Crippen LogP contribution in [0.1, 0.15) is 19.3 Å². The molecule has 3 heterocycles. The minimum absolute atomic E-state index is 0.0960. The molecule has 7 nitrogen and oxygen atoms in total. The number of carbonyl (C=O) groups excluding carboxylic acids is 2. The van der Waals surface area contributed by atoms with E-state index in [9.17, 15) is 18.0 Å². The van der Waals surface area contributed by atoms with E-state index in [1.54, 1.807) is 16.5 Å². The third-order valence-electron chi connectivity index (χ3n) is 4.05. The second-order valence-electron chi connectivity index (χ2n) is 5.65. The molecule has 0 aliphatic carbocycles. The molecular formula is C13H17N3O4S2. The molecule has 0 saturated carbocycles. The van der Waals surface area contributed by atoms with Crippen molar-refractivity contribution in [3.05, 3.63) is 11.6 Å². The SMILES string of the molecule is O=C(NC1CCS(=O)(=O)CC1)C1CC(=O)N(c2nccs2)C1. The van der Waals surface area contributed by atoms with Crippen molar-refractivity contribution in [1.82, 2.24) is 10.3 Å². The van der Waals surface area contributed by atoms with Gasteiger partial charge in [-0.3, -0.25) is 14.5 Å². The van der Waals surface area contributed by atoms with E-state index in [0.717, 1.165) is 0 Å². The van der Waals surface area contributed by atoms with Crippen LogP contribution >= 0.6 is 11.3 Å². The lowest BCUT2D eigenvalue weighted by molar-refractivity contribution is -0.127. The Labute approximate surface area is 132 Å². The molecule has 2 amide bonds. The highest BCUT2D eigenvalue weighted by Gasteiger charge is 2.37. The Kier molecular flexibility index (Phi) is 4.18. The Morgan fingerprint density at radius 2 is 2.09 bits per heavy atom. The smallest absolute Gasteiger partial charge is 0.229 e. The van der Waals surface area contributed by atoms with E-state index in [1.807, 2.05) is 0 Å². The fraction of sp³-hybridized carbons (Fsp3) is 0.615. The van der Waals surface area contributed by atoms with Crippen LogP contribution in [0.5, 0.6) is 0 Å². The minimum atomic E-state index is -2.94. The maximum Gasteiger partial charge on any atom is 0.229 e. The second kappa shape index (κ2) is 5.96. The van der Waals surface area contributed by atoms with Gasteiger partial charge in [0, 0.05) is 30.6 Å². The number of nitrogens with zero attached hydrogens (tertiary/aromatic N) is 2. The first-order valence-electron chi connectivity index (χ1n) is 7.15. The van der Waals surface area contributed by atoms with Gasteiger partial charge in [0.1, 0.15) is 9.84 Å². The standard InChI is InChI=1S/C13H17N3O4S2/c17-11-7-9(8-16(11)13-14-3-4-21-13)12(18)15-10-1-5-22(19,20)6-2-10/h3-4,9-10H,1-2,5-8H2,(H,15,18). The molecule has 2 aliphatic rings. The summed E-state index contributed by atoms with van der Waals surface area (Å²) in [5.74, 6) is -0.424. The highest BCUT2D eigenvalue weighted by Crippen LogP contribution is 2.27. The Morgan fingerprint density at radius 3 is 2.73 bits per heavy atom. The summed E-state index contributed by atoms with van der Waals surface area (Å²) in [4.78, 5) is 29.9. The number of thiazole rings is 1. The molecule has 2 aliphatic heterocycles. The van der Waals surface area contributed by atoms with Crippen LogP contribution in [0.15, 0.2) is 11.6 Å². The summed E-state index contributed by atoms with van der Waals surface area (Å²) in [5, 5.41) is 5.29. The molecule has 9 heteroatoms. The van der Waals surface area contributed by atoms with E-state index in [-0.39, 0.29) is 35.8 Å². The summed E-state index contributed by atoms with van der Waals surface area (Å²) >= 11 is 1.37. The summed E-state index contributed by atoms with van der Waals surface area (Å²) in [7, 11) is -2.94. The molecule has 0 radical (unpaired) electrons. The van der Waals surface area contributed by atoms with Crippen molar-refractivity contribution in [2.75, 3.05) is 23.0 Å². The number of sulfone groups is 1. The first-order chi connectivity index (χ1) is 10.4. The first kappa shape index (κ1) is 15.4. The topological polar surface area (TPSA) is 96.4 Å². The van der Waals surface area contributed by atoms with Crippen LogP contribution in [-0.2, 0) is 19.4 Å². The highest BCUT2D eigenvalue weighted by atomic mass is 32.2. The maximum atomic E-state index is 12.3. The molecule has 120 valence electrons. The number of carbonyl (C=O) groups is 2. The van der Waals surface area contributed by atoms with Crippen LogP contribution in [0.2, 0.25) is 0 Å². The average molecular weight is 343 g/mol. The molecule has 1 aromatic rings. The molecule has 1 atom stereocenters. The Morgan fingerprint density at radius 1 is 1.36 bits per heavy atom. The van der Waals surface area contributed by atoms with E-state index >= 15 is 0 Å². The van der Waals surface area contributed by atoms with Crippen LogP contribution in [0.3, 0.4) is 0 Å². The van der Waals surface area contributed by atoms with Gasteiger partial charge in [-0.15, -0.1) is 11.3 Å². The minimum Gasteiger partial charge on any atom is -0.353 e. The summed E-state index contributed by atoms with van der Waals surface area (Å²) in [6.07, 6.45) is 2.70. The Balaban J connectivity index is 1.57. The van der Waals surface area contributed by atoms with E-state index in [4.69, 9.17) is 0 Å². The van der Waals surface area contributed by atoms with Crippen molar-refractivity contribution in [3.8, 4) is 0 Å². The number of anilines is 1. The lowest BCUT2D eigenvalue weighted by Gasteiger charge is -2.24. The lowest BCUT2D eigenvalue weighted by atomic mass is 10.1. The van der Waals surface area contributed by atoms with E-state index in [1.165, 1.54) is 11.3 Å². The Bertz CT molecular complexity index is 657. The highest BCUT2D eigenvalue weighted by molar-refractivity contribution is 7.91. The van der Waals surface area contributed by atoms with Crippen LogP contribution in [0.25, 0.3) is 0 Å². The molecule has 2 fully saturated rings. The fourth-order valence-corrected chi connectivity index (χ4v) is 4.93. The van der Waals surface area contributed by atoms with Gasteiger partial charge in [0.05, 0.1) is 17.4 Å². The molecule has 3 rings (SSSR count).